The van der Waals surface area contributed by atoms with Crippen molar-refractivity contribution in [2.75, 3.05) is 14.2 Å². The van der Waals surface area contributed by atoms with Gasteiger partial charge in [0.2, 0.25) is 16.6 Å². The van der Waals surface area contributed by atoms with Gasteiger partial charge in [-0.15, -0.1) is 0 Å². The molecule has 2 aromatic carbocycles. The molecule has 1 unspecified atom stereocenters. The number of ketones is 2. The van der Waals surface area contributed by atoms with Gasteiger partial charge in [0.25, 0.3) is 0 Å². The summed E-state index contributed by atoms with van der Waals surface area (Å²) in [5.74, 6) is -0.0884. The first-order valence-corrected chi connectivity index (χ1v) is 20.8. The standard InChI is InChI=1S/C34H48O7Si2/c1-20(2)43(21(3)4,22(5)6)41-34(7)19-23(40-42(10,11)12)18-28(39-34)24-16-17-26-30(33(24)38-9)32(36)25-14-13-15-27(37-8)29(25)31(26)35/h13-17,19-22,28H,18H2,1-12H3/t28-,34?/m1/s1. The molecule has 0 N–H and O–H groups in total. The highest BCUT2D eigenvalue weighted by atomic mass is 28.4. The third kappa shape index (κ3) is 6.01. The van der Waals surface area contributed by atoms with Crippen LogP contribution in [0.25, 0.3) is 0 Å². The number of methoxy groups -OCH3 is 2. The number of carbonyl (C=O) groups excluding carboxylic acids is 2. The summed E-state index contributed by atoms with van der Waals surface area (Å²) >= 11 is 0. The van der Waals surface area contributed by atoms with Crippen molar-refractivity contribution < 1.29 is 32.7 Å². The van der Waals surface area contributed by atoms with Crippen LogP contribution in [0.4, 0.5) is 0 Å². The monoisotopic (exact) mass is 624 g/mol. The van der Waals surface area contributed by atoms with Crippen LogP contribution in [0.5, 0.6) is 11.5 Å². The highest BCUT2D eigenvalue weighted by Crippen LogP contribution is 2.50. The van der Waals surface area contributed by atoms with Gasteiger partial charge in [0.05, 0.1) is 37.2 Å². The second-order valence-electron chi connectivity index (χ2n) is 13.7. The molecule has 0 amide bonds. The largest absolute Gasteiger partial charge is 0.547 e. The average Bonchev–Trinajstić information content (AvgIpc) is 2.91. The summed E-state index contributed by atoms with van der Waals surface area (Å²) in [6.45, 7) is 21.9. The summed E-state index contributed by atoms with van der Waals surface area (Å²) in [4.78, 5) is 27.6. The third-order valence-electron chi connectivity index (χ3n) is 8.64. The predicted molar refractivity (Wildman–Crippen MR) is 174 cm³/mol. The summed E-state index contributed by atoms with van der Waals surface area (Å²) < 4.78 is 32.1. The molecule has 0 bridgehead atoms. The van der Waals surface area contributed by atoms with Gasteiger partial charge in [-0.1, -0.05) is 59.7 Å². The molecule has 0 aromatic heterocycles. The van der Waals surface area contributed by atoms with Crippen molar-refractivity contribution in [3.63, 3.8) is 0 Å². The Hall–Kier alpha value is -2.73. The molecule has 4 rings (SSSR count). The molecule has 9 heteroatoms. The molecule has 2 atom stereocenters. The van der Waals surface area contributed by atoms with E-state index in [0.29, 0.717) is 45.7 Å². The average molecular weight is 625 g/mol. The second kappa shape index (κ2) is 12.0. The minimum atomic E-state index is -2.38. The smallest absolute Gasteiger partial charge is 0.241 e. The van der Waals surface area contributed by atoms with Gasteiger partial charge in [-0.3, -0.25) is 9.59 Å². The number of ether oxygens (including phenoxy) is 3. The van der Waals surface area contributed by atoms with E-state index in [-0.39, 0.29) is 28.3 Å². The van der Waals surface area contributed by atoms with Crippen molar-refractivity contribution in [1.82, 2.24) is 0 Å². The third-order valence-corrected chi connectivity index (χ3v) is 15.7. The van der Waals surface area contributed by atoms with Crippen LogP contribution in [0.1, 0.15) is 98.4 Å². The first-order valence-electron chi connectivity index (χ1n) is 15.3. The quantitative estimate of drug-likeness (QED) is 0.209. The van der Waals surface area contributed by atoms with Gasteiger partial charge in [-0.25, -0.2) is 0 Å². The van der Waals surface area contributed by atoms with Crippen LogP contribution in [0.3, 0.4) is 0 Å². The molecular weight excluding hydrogens is 577 g/mol. The van der Waals surface area contributed by atoms with E-state index in [1.165, 1.54) is 14.2 Å². The lowest BCUT2D eigenvalue weighted by atomic mass is 9.81. The van der Waals surface area contributed by atoms with Gasteiger partial charge in [0.15, 0.2) is 17.4 Å². The normalized spacial score (nSPS) is 20.7. The fourth-order valence-electron chi connectivity index (χ4n) is 7.17. The van der Waals surface area contributed by atoms with Gasteiger partial charge in [-0.05, 0) is 55.3 Å². The summed E-state index contributed by atoms with van der Waals surface area (Å²) in [5.41, 5.74) is 2.84. The maximum atomic E-state index is 13.9. The highest BCUT2D eigenvalue weighted by Gasteiger charge is 2.51. The molecule has 0 fully saturated rings. The Kier molecular flexibility index (Phi) is 9.25. The predicted octanol–water partition coefficient (Wildman–Crippen LogP) is 8.58. The number of hydrogen-bond donors (Lipinski definition) is 0. The number of hydrogen-bond acceptors (Lipinski definition) is 7. The molecule has 0 spiro atoms. The molecule has 2 aromatic rings. The van der Waals surface area contributed by atoms with E-state index in [2.05, 4.69) is 61.2 Å². The van der Waals surface area contributed by atoms with Crippen LogP contribution >= 0.6 is 0 Å². The van der Waals surface area contributed by atoms with E-state index in [0.717, 1.165) is 5.76 Å². The number of benzene rings is 2. The Bertz CT molecular complexity index is 1420. The van der Waals surface area contributed by atoms with Crippen LogP contribution in [0.15, 0.2) is 42.2 Å². The molecule has 43 heavy (non-hydrogen) atoms. The summed E-state index contributed by atoms with van der Waals surface area (Å²) in [6.07, 6.45) is 1.93. The first-order chi connectivity index (χ1) is 20.0. The van der Waals surface area contributed by atoms with Crippen LogP contribution in [-0.4, -0.2) is 48.2 Å². The molecule has 1 heterocycles. The second-order valence-corrected chi connectivity index (χ2v) is 23.5. The molecule has 0 saturated carbocycles. The van der Waals surface area contributed by atoms with Crippen LogP contribution < -0.4 is 9.47 Å². The van der Waals surface area contributed by atoms with E-state index in [1.54, 1.807) is 24.3 Å². The van der Waals surface area contributed by atoms with Crippen molar-refractivity contribution in [3.05, 3.63) is 70.0 Å². The zero-order chi connectivity index (χ0) is 32.1. The lowest BCUT2D eigenvalue weighted by Crippen LogP contribution is -2.55. The van der Waals surface area contributed by atoms with E-state index < -0.39 is 28.5 Å². The SMILES string of the molecule is COc1cccc2c1C(=O)c1ccc([C@H]3CC(O[Si](C)(C)C)=CC(C)(O[Si](C(C)C)(C(C)C)C(C)C)O3)c(OC)c1C2=O. The van der Waals surface area contributed by atoms with Crippen molar-refractivity contribution >= 4 is 28.2 Å². The van der Waals surface area contributed by atoms with Gasteiger partial charge in [-0.2, -0.15) is 0 Å². The van der Waals surface area contributed by atoms with Crippen molar-refractivity contribution in [2.45, 2.75) is 103 Å². The summed E-state index contributed by atoms with van der Waals surface area (Å²) in [6, 6.07) is 8.61. The van der Waals surface area contributed by atoms with Gasteiger partial charge in [0.1, 0.15) is 11.5 Å². The van der Waals surface area contributed by atoms with Crippen LogP contribution in [0, 0.1) is 0 Å². The van der Waals surface area contributed by atoms with Crippen molar-refractivity contribution in [2.24, 2.45) is 0 Å². The lowest BCUT2D eigenvalue weighted by Gasteiger charge is -2.49. The fraction of sp³-hybridized carbons (Fsp3) is 0.529. The Morgan fingerprint density at radius 1 is 0.837 bits per heavy atom. The fourth-order valence-corrected chi connectivity index (χ4v) is 13.6. The Balaban J connectivity index is 1.86. The van der Waals surface area contributed by atoms with E-state index >= 15 is 0 Å². The topological polar surface area (TPSA) is 80.3 Å². The Labute approximate surface area is 259 Å². The van der Waals surface area contributed by atoms with Crippen molar-refractivity contribution in [1.29, 1.82) is 0 Å². The molecule has 1 aliphatic heterocycles. The molecule has 2 aliphatic rings. The molecule has 1 aliphatic carbocycles. The molecule has 0 radical (unpaired) electrons. The van der Waals surface area contributed by atoms with E-state index in [4.69, 9.17) is 23.1 Å². The maximum Gasteiger partial charge on any atom is 0.241 e. The molecule has 7 nitrogen and oxygen atoms in total. The number of fused-ring (bicyclic) bond motifs is 2. The molecular formula is C34H48O7Si2. The maximum absolute atomic E-state index is 13.9. The summed E-state index contributed by atoms with van der Waals surface area (Å²) in [7, 11) is -1.34. The van der Waals surface area contributed by atoms with Crippen molar-refractivity contribution in [3.8, 4) is 11.5 Å². The molecule has 234 valence electrons. The molecule has 0 saturated heterocycles. The lowest BCUT2D eigenvalue weighted by molar-refractivity contribution is -0.189. The van der Waals surface area contributed by atoms with Gasteiger partial charge >= 0.3 is 0 Å². The van der Waals surface area contributed by atoms with Crippen LogP contribution in [-0.2, 0) is 13.6 Å². The van der Waals surface area contributed by atoms with Gasteiger partial charge in [0, 0.05) is 29.2 Å². The number of carbonyl (C=O) groups is 2. The minimum Gasteiger partial charge on any atom is -0.547 e. The Morgan fingerprint density at radius 2 is 1.42 bits per heavy atom. The van der Waals surface area contributed by atoms with E-state index in [1.807, 2.05) is 19.1 Å². The zero-order valence-electron chi connectivity index (χ0n) is 27.8. The Morgan fingerprint density at radius 3 is 1.95 bits per heavy atom. The minimum absolute atomic E-state index is 0.245. The van der Waals surface area contributed by atoms with E-state index in [9.17, 15) is 9.59 Å². The highest BCUT2D eigenvalue weighted by molar-refractivity contribution is 6.77. The van der Waals surface area contributed by atoms with Gasteiger partial charge < -0.3 is 23.1 Å². The summed E-state index contributed by atoms with van der Waals surface area (Å²) in [5, 5.41) is 0. The zero-order valence-corrected chi connectivity index (χ0v) is 29.8. The first kappa shape index (κ1) is 33.2. The van der Waals surface area contributed by atoms with Crippen LogP contribution in [0.2, 0.25) is 36.3 Å². The number of rotatable bonds is 10.